The highest BCUT2D eigenvalue weighted by Crippen LogP contribution is 2.40. The molecule has 0 aromatic heterocycles. The van der Waals surface area contributed by atoms with Gasteiger partial charge in [-0.1, -0.05) is 24.3 Å². The van der Waals surface area contributed by atoms with Crippen LogP contribution in [0.15, 0.2) is 24.3 Å². The molecular formula is C21H29NO5. The van der Waals surface area contributed by atoms with E-state index in [1.165, 1.54) is 25.3 Å². The number of rotatable bonds is 5. The summed E-state index contributed by atoms with van der Waals surface area (Å²) < 4.78 is 16.1. The summed E-state index contributed by atoms with van der Waals surface area (Å²) in [5, 5.41) is 3.32. The van der Waals surface area contributed by atoms with Gasteiger partial charge in [0.1, 0.15) is 5.60 Å². The molecule has 1 saturated heterocycles. The van der Waals surface area contributed by atoms with Gasteiger partial charge < -0.3 is 19.5 Å². The molecule has 1 aromatic rings. The first kappa shape index (κ1) is 19.7. The first-order valence-corrected chi connectivity index (χ1v) is 9.60. The van der Waals surface area contributed by atoms with Crippen molar-refractivity contribution >= 4 is 12.1 Å². The highest BCUT2D eigenvalue weighted by atomic mass is 16.7. The van der Waals surface area contributed by atoms with E-state index in [-0.39, 0.29) is 6.04 Å². The maximum absolute atomic E-state index is 12.0. The quantitative estimate of drug-likeness (QED) is 0.796. The summed E-state index contributed by atoms with van der Waals surface area (Å²) in [5.74, 6) is 0.333. The van der Waals surface area contributed by atoms with E-state index in [4.69, 9.17) is 14.2 Å². The van der Waals surface area contributed by atoms with Crippen LogP contribution in [0.3, 0.4) is 0 Å². The van der Waals surface area contributed by atoms with Crippen LogP contribution in [-0.4, -0.2) is 42.5 Å². The van der Waals surface area contributed by atoms with Crippen molar-refractivity contribution in [3.05, 3.63) is 35.4 Å². The Morgan fingerprint density at radius 1 is 1.11 bits per heavy atom. The zero-order valence-electron chi connectivity index (χ0n) is 16.5. The number of carbonyl (C=O) groups is 2. The van der Waals surface area contributed by atoms with Crippen LogP contribution in [0.1, 0.15) is 57.6 Å². The molecule has 1 saturated carbocycles. The minimum atomic E-state index is -0.749. The molecule has 1 N–H and O–H groups in total. The van der Waals surface area contributed by atoms with Gasteiger partial charge >= 0.3 is 12.1 Å². The fraction of sp³-hybridized carbons (Fsp3) is 0.619. The summed E-state index contributed by atoms with van der Waals surface area (Å²) in [7, 11) is 0. The lowest BCUT2D eigenvalue weighted by molar-refractivity contribution is -0.152. The van der Waals surface area contributed by atoms with Gasteiger partial charge in [-0.2, -0.15) is 0 Å². The highest BCUT2D eigenvalue weighted by Gasteiger charge is 2.41. The van der Waals surface area contributed by atoms with Crippen molar-refractivity contribution in [1.82, 2.24) is 5.32 Å². The molecule has 6 heteroatoms. The smallest absolute Gasteiger partial charge is 0.457 e. The molecule has 0 amide bonds. The number of carbonyl (C=O) groups excluding carboxylic acids is 2. The second-order valence-corrected chi connectivity index (χ2v) is 8.43. The first-order chi connectivity index (χ1) is 12.7. The number of esters is 1. The summed E-state index contributed by atoms with van der Waals surface area (Å²) in [6, 6.07) is 8.49. The van der Waals surface area contributed by atoms with Gasteiger partial charge in [-0.25, -0.2) is 4.79 Å². The SMILES string of the molecule is CC(=O)O[C@@H]1[C@@H](OC(=O)OC(C)(C)C)CN[C@@H]1Cc1ccc(C2CC2)cc1. The lowest BCUT2D eigenvalue weighted by atomic mass is 9.99. The van der Waals surface area contributed by atoms with Gasteiger partial charge in [0.15, 0.2) is 12.2 Å². The average molecular weight is 375 g/mol. The van der Waals surface area contributed by atoms with E-state index in [0.717, 1.165) is 11.5 Å². The standard InChI is InChI=1S/C21H29NO5/c1-13(23)25-19-17(11-14-5-7-15(8-6-14)16-9-10-16)22-12-18(19)26-20(24)27-21(2,3)4/h5-8,16-19,22H,9-12H2,1-4H3/t17-,18+,19+/m1/s1. The van der Waals surface area contributed by atoms with Crippen LogP contribution in [0.5, 0.6) is 0 Å². The van der Waals surface area contributed by atoms with Crippen LogP contribution in [-0.2, 0) is 25.4 Å². The summed E-state index contributed by atoms with van der Waals surface area (Å²) in [5.41, 5.74) is 1.91. The summed E-state index contributed by atoms with van der Waals surface area (Å²) >= 11 is 0. The number of nitrogens with one attached hydrogen (secondary N) is 1. The zero-order chi connectivity index (χ0) is 19.6. The molecule has 3 rings (SSSR count). The molecule has 2 fully saturated rings. The van der Waals surface area contributed by atoms with E-state index in [1.807, 2.05) is 0 Å². The van der Waals surface area contributed by atoms with Gasteiger partial charge in [0.2, 0.25) is 0 Å². The maximum atomic E-state index is 12.0. The molecule has 0 spiro atoms. The summed E-state index contributed by atoms with van der Waals surface area (Å²) in [4.78, 5) is 23.6. The molecule has 0 radical (unpaired) electrons. The van der Waals surface area contributed by atoms with Gasteiger partial charge in [0, 0.05) is 13.5 Å². The predicted molar refractivity (Wildman–Crippen MR) is 101 cm³/mol. The Morgan fingerprint density at radius 2 is 1.78 bits per heavy atom. The second-order valence-electron chi connectivity index (χ2n) is 8.43. The molecule has 1 aromatic carbocycles. The third-order valence-corrected chi connectivity index (χ3v) is 4.77. The molecule has 1 aliphatic carbocycles. The normalized spacial score (nSPS) is 25.1. The fourth-order valence-corrected chi connectivity index (χ4v) is 3.40. The molecule has 3 atom stereocenters. The molecule has 1 heterocycles. The van der Waals surface area contributed by atoms with E-state index in [9.17, 15) is 9.59 Å². The van der Waals surface area contributed by atoms with Gasteiger partial charge in [-0.05, 0) is 57.1 Å². The van der Waals surface area contributed by atoms with Crippen molar-refractivity contribution in [2.75, 3.05) is 6.54 Å². The van der Waals surface area contributed by atoms with Crippen LogP contribution in [0.25, 0.3) is 0 Å². The monoisotopic (exact) mass is 375 g/mol. The summed E-state index contributed by atoms with van der Waals surface area (Å²) in [6.45, 7) is 7.11. The van der Waals surface area contributed by atoms with E-state index in [0.29, 0.717) is 13.0 Å². The summed E-state index contributed by atoms with van der Waals surface area (Å²) in [6.07, 6.45) is 1.39. The van der Waals surface area contributed by atoms with Gasteiger partial charge in [-0.15, -0.1) is 0 Å². The largest absolute Gasteiger partial charge is 0.509 e. The number of hydrogen-bond donors (Lipinski definition) is 1. The Kier molecular flexibility index (Phi) is 5.75. The van der Waals surface area contributed by atoms with Crippen molar-refractivity contribution < 1.29 is 23.8 Å². The molecular weight excluding hydrogens is 346 g/mol. The van der Waals surface area contributed by atoms with Gasteiger partial charge in [0.25, 0.3) is 0 Å². The molecule has 0 bridgehead atoms. The molecule has 6 nitrogen and oxygen atoms in total. The van der Waals surface area contributed by atoms with Crippen molar-refractivity contribution in [2.45, 2.75) is 76.7 Å². The molecule has 1 aliphatic heterocycles. The van der Waals surface area contributed by atoms with Crippen molar-refractivity contribution in [2.24, 2.45) is 0 Å². The molecule has 0 unspecified atom stereocenters. The maximum Gasteiger partial charge on any atom is 0.509 e. The first-order valence-electron chi connectivity index (χ1n) is 9.60. The molecule has 2 aliphatic rings. The minimum Gasteiger partial charge on any atom is -0.457 e. The lowest BCUT2D eigenvalue weighted by Gasteiger charge is -2.25. The Labute approximate surface area is 160 Å². The third kappa shape index (κ3) is 5.70. The minimum absolute atomic E-state index is 0.117. The van der Waals surface area contributed by atoms with E-state index >= 15 is 0 Å². The van der Waals surface area contributed by atoms with Crippen molar-refractivity contribution in [1.29, 1.82) is 0 Å². The van der Waals surface area contributed by atoms with E-state index < -0.39 is 29.9 Å². The molecule has 27 heavy (non-hydrogen) atoms. The Morgan fingerprint density at radius 3 is 2.33 bits per heavy atom. The van der Waals surface area contributed by atoms with Crippen LogP contribution < -0.4 is 5.32 Å². The highest BCUT2D eigenvalue weighted by molar-refractivity contribution is 5.66. The van der Waals surface area contributed by atoms with Gasteiger partial charge in [-0.3, -0.25) is 4.79 Å². The predicted octanol–water partition coefficient (Wildman–Crippen LogP) is 3.33. The zero-order valence-corrected chi connectivity index (χ0v) is 16.5. The van der Waals surface area contributed by atoms with Crippen molar-refractivity contribution in [3.63, 3.8) is 0 Å². The van der Waals surface area contributed by atoms with Crippen LogP contribution in [0.2, 0.25) is 0 Å². The Hall–Kier alpha value is -2.08. The fourth-order valence-electron chi connectivity index (χ4n) is 3.40. The second kappa shape index (κ2) is 7.89. The Balaban J connectivity index is 1.63. The van der Waals surface area contributed by atoms with Crippen LogP contribution in [0.4, 0.5) is 4.79 Å². The van der Waals surface area contributed by atoms with E-state index in [2.05, 4.69) is 29.6 Å². The van der Waals surface area contributed by atoms with Crippen molar-refractivity contribution in [3.8, 4) is 0 Å². The number of benzene rings is 1. The average Bonchev–Trinajstić information content (AvgIpc) is 3.34. The van der Waals surface area contributed by atoms with Crippen LogP contribution in [0, 0.1) is 0 Å². The Bertz CT molecular complexity index is 675. The topological polar surface area (TPSA) is 73.9 Å². The third-order valence-electron chi connectivity index (χ3n) is 4.77. The van der Waals surface area contributed by atoms with E-state index in [1.54, 1.807) is 20.8 Å². The number of ether oxygens (including phenoxy) is 3. The molecule has 148 valence electrons. The van der Waals surface area contributed by atoms with Crippen LogP contribution >= 0.6 is 0 Å². The van der Waals surface area contributed by atoms with Gasteiger partial charge in [0.05, 0.1) is 6.04 Å². The lowest BCUT2D eigenvalue weighted by Crippen LogP contribution is -2.40. The number of hydrogen-bond acceptors (Lipinski definition) is 6.